The first kappa shape index (κ1) is 70.7. The van der Waals surface area contributed by atoms with Crippen molar-refractivity contribution in [2.24, 2.45) is 0 Å². The molecule has 0 heterocycles. The van der Waals surface area contributed by atoms with E-state index in [2.05, 4.69) is 74.7 Å². The van der Waals surface area contributed by atoms with Crippen molar-refractivity contribution in [3.05, 3.63) is 60.8 Å². The normalized spacial score (nSPS) is 14.1. The first-order chi connectivity index (χ1) is 35.4. The number of rotatable bonds is 55. The summed E-state index contributed by atoms with van der Waals surface area (Å²) in [5, 5.41) is 3.05. The van der Waals surface area contributed by atoms with Crippen molar-refractivity contribution in [1.82, 2.24) is 5.32 Å². The molecular weight excluding hydrogens is 928 g/mol. The van der Waals surface area contributed by atoms with Gasteiger partial charge in [0.1, 0.15) is 19.3 Å². The van der Waals surface area contributed by atoms with Crippen molar-refractivity contribution in [2.45, 2.75) is 290 Å². The Bertz CT molecular complexity index is 1440. The van der Waals surface area contributed by atoms with E-state index in [1.807, 2.05) is 33.3 Å². The fourth-order valence-electron chi connectivity index (χ4n) is 8.67. The molecule has 10 heteroatoms. The number of phosphoric ester groups is 1. The Morgan fingerprint density at radius 2 is 0.877 bits per heavy atom. The van der Waals surface area contributed by atoms with Crippen LogP contribution in [0, 0.1) is 0 Å². The number of unbranched alkanes of at least 4 members (excludes halogenated alkanes) is 32. The molecule has 0 aliphatic heterocycles. The summed E-state index contributed by atoms with van der Waals surface area (Å²) in [6.07, 6.45) is 66.4. The number of phosphoric acid groups is 1. The number of ether oxygens (including phenoxy) is 1. The van der Waals surface area contributed by atoms with Gasteiger partial charge in [0.2, 0.25) is 5.91 Å². The van der Waals surface area contributed by atoms with Crippen LogP contribution in [0.25, 0.3) is 0 Å². The van der Waals surface area contributed by atoms with E-state index in [0.717, 1.165) is 83.5 Å². The number of amides is 1. The number of quaternary nitrogens is 1. The minimum absolute atomic E-state index is 0.0365. The lowest BCUT2D eigenvalue weighted by molar-refractivity contribution is -0.870. The molecule has 0 aliphatic rings. The summed E-state index contributed by atoms with van der Waals surface area (Å²) >= 11 is 0. The minimum Gasteiger partial charge on any atom is -0.456 e. The highest BCUT2D eigenvalue weighted by Crippen LogP contribution is 2.43. The average Bonchev–Trinajstić information content (AvgIpc) is 3.35. The Morgan fingerprint density at radius 3 is 1.34 bits per heavy atom. The molecule has 0 bridgehead atoms. The van der Waals surface area contributed by atoms with Crippen molar-refractivity contribution in [3.63, 3.8) is 0 Å². The number of nitrogens with one attached hydrogen (secondary N) is 1. The largest absolute Gasteiger partial charge is 0.472 e. The van der Waals surface area contributed by atoms with Crippen LogP contribution in [0.1, 0.15) is 278 Å². The first-order valence-corrected chi connectivity index (χ1v) is 32.1. The fraction of sp³-hybridized carbons (Fsp3) is 0.810. The zero-order valence-corrected chi connectivity index (χ0v) is 49.5. The number of likely N-dealkylation sites (N-methyl/N-ethyl adjacent to an activating group) is 1. The van der Waals surface area contributed by atoms with Gasteiger partial charge in [0, 0.05) is 12.8 Å². The molecule has 0 fully saturated rings. The SMILES string of the molecule is CCCCC/C=C\C/C=C\CCCCCCCCCCCCCC(=O)OC(/C=C\CCCCCCCCCCC)C(COP(=O)(O)OCC[N+](C)(C)C)NC(=O)CCCCCCCC/C=C/C=C/CCCCC. The molecule has 2 N–H and O–H groups in total. The maximum atomic E-state index is 13.5. The summed E-state index contributed by atoms with van der Waals surface area (Å²) in [6, 6.07) is -0.855. The number of nitrogens with zero attached hydrogens (tertiary/aromatic N) is 1. The number of esters is 1. The molecule has 0 aromatic carbocycles. The van der Waals surface area contributed by atoms with Gasteiger partial charge in [-0.05, 0) is 89.5 Å². The van der Waals surface area contributed by atoms with Crippen LogP contribution in [0.2, 0.25) is 0 Å². The van der Waals surface area contributed by atoms with Crippen molar-refractivity contribution >= 4 is 19.7 Å². The highest BCUT2D eigenvalue weighted by atomic mass is 31.2. The van der Waals surface area contributed by atoms with Crippen LogP contribution in [0.4, 0.5) is 0 Å². The number of carbonyl (C=O) groups excluding carboxylic acids is 2. The minimum atomic E-state index is -4.45. The van der Waals surface area contributed by atoms with Gasteiger partial charge in [0.25, 0.3) is 0 Å². The highest BCUT2D eigenvalue weighted by molar-refractivity contribution is 7.47. The quantitative estimate of drug-likeness (QED) is 0.0156. The lowest BCUT2D eigenvalue weighted by Crippen LogP contribution is -2.47. The van der Waals surface area contributed by atoms with Crippen molar-refractivity contribution in [1.29, 1.82) is 0 Å². The van der Waals surface area contributed by atoms with Gasteiger partial charge in [0.05, 0.1) is 33.8 Å². The topological polar surface area (TPSA) is 111 Å². The van der Waals surface area contributed by atoms with E-state index in [4.69, 9.17) is 13.8 Å². The maximum Gasteiger partial charge on any atom is 0.472 e. The molecule has 0 aromatic rings. The van der Waals surface area contributed by atoms with Gasteiger partial charge in [-0.15, -0.1) is 0 Å². The molecule has 73 heavy (non-hydrogen) atoms. The Labute approximate surface area is 451 Å². The molecule has 1 amide bonds. The van der Waals surface area contributed by atoms with Crippen LogP contribution in [-0.4, -0.2) is 74.3 Å². The van der Waals surface area contributed by atoms with Gasteiger partial charge in [0.15, 0.2) is 0 Å². The standard InChI is InChI=1S/C63H117N2O7P/c1-7-10-13-16-19-22-25-27-29-30-31-32-33-34-36-38-41-44-47-50-53-56-63(67)72-61(54-51-48-45-42-39-24-21-18-15-12-9-3)60(59-71-73(68,69)70-58-57-65(4,5)6)64-62(66)55-52-49-46-43-40-37-35-28-26-23-20-17-14-11-8-2/h19-20,22-23,26-29,51,54,60-61H,7-18,21,24-25,30-50,52-53,55-59H2,1-6H3,(H-,64,66,68,69)/p+1/b22-19-,23-20+,28-26+,29-27-,54-51-. The van der Waals surface area contributed by atoms with E-state index in [-0.39, 0.29) is 31.5 Å². The number of hydrogen-bond acceptors (Lipinski definition) is 6. The molecular formula is C63H118N2O7P+. The van der Waals surface area contributed by atoms with Crippen molar-refractivity contribution in [3.8, 4) is 0 Å². The van der Waals surface area contributed by atoms with E-state index in [9.17, 15) is 19.0 Å². The van der Waals surface area contributed by atoms with Gasteiger partial charge < -0.3 is 19.4 Å². The van der Waals surface area contributed by atoms with Gasteiger partial charge in [-0.3, -0.25) is 18.6 Å². The molecule has 0 rings (SSSR count). The van der Waals surface area contributed by atoms with Gasteiger partial charge in [-0.1, -0.05) is 236 Å². The van der Waals surface area contributed by atoms with E-state index in [0.29, 0.717) is 17.4 Å². The maximum absolute atomic E-state index is 13.5. The van der Waals surface area contributed by atoms with Gasteiger partial charge in [-0.2, -0.15) is 0 Å². The second-order valence-corrected chi connectivity index (χ2v) is 23.4. The smallest absolute Gasteiger partial charge is 0.456 e. The van der Waals surface area contributed by atoms with Crippen LogP contribution in [0.3, 0.4) is 0 Å². The average molecular weight is 1050 g/mol. The lowest BCUT2D eigenvalue weighted by Gasteiger charge is -2.27. The summed E-state index contributed by atoms with van der Waals surface area (Å²) in [7, 11) is 1.49. The Morgan fingerprint density at radius 1 is 0.493 bits per heavy atom. The highest BCUT2D eigenvalue weighted by Gasteiger charge is 2.30. The Hall–Kier alpha value is -2.29. The third-order valence-corrected chi connectivity index (χ3v) is 14.4. The summed E-state index contributed by atoms with van der Waals surface area (Å²) < 4.78 is 30.6. The molecule has 0 radical (unpaired) electrons. The number of carbonyl (C=O) groups is 2. The molecule has 0 aliphatic carbocycles. The molecule has 9 nitrogen and oxygen atoms in total. The third kappa shape index (κ3) is 54.3. The summed E-state index contributed by atoms with van der Waals surface area (Å²) in [5.74, 6) is -0.517. The number of hydrogen-bond donors (Lipinski definition) is 2. The molecule has 3 unspecified atom stereocenters. The van der Waals surface area contributed by atoms with Crippen LogP contribution in [0.5, 0.6) is 0 Å². The Kier molecular flexibility index (Phi) is 51.5. The molecule has 3 atom stereocenters. The van der Waals surface area contributed by atoms with Crippen LogP contribution < -0.4 is 5.32 Å². The molecule has 0 saturated carbocycles. The predicted molar refractivity (Wildman–Crippen MR) is 314 cm³/mol. The summed E-state index contributed by atoms with van der Waals surface area (Å²) in [4.78, 5) is 37.6. The van der Waals surface area contributed by atoms with E-state index < -0.39 is 20.0 Å². The van der Waals surface area contributed by atoms with Crippen molar-refractivity contribution in [2.75, 3.05) is 40.9 Å². The van der Waals surface area contributed by atoms with Gasteiger partial charge >= 0.3 is 13.8 Å². The van der Waals surface area contributed by atoms with Crippen LogP contribution in [-0.2, 0) is 27.9 Å². The molecule has 0 saturated heterocycles. The zero-order valence-electron chi connectivity index (χ0n) is 48.6. The molecule has 0 aromatic heterocycles. The fourth-order valence-corrected chi connectivity index (χ4v) is 9.40. The summed E-state index contributed by atoms with van der Waals surface area (Å²) in [5.41, 5.74) is 0. The van der Waals surface area contributed by atoms with E-state index in [1.54, 1.807) is 0 Å². The van der Waals surface area contributed by atoms with Crippen LogP contribution >= 0.6 is 7.82 Å². The van der Waals surface area contributed by atoms with Gasteiger partial charge in [-0.25, -0.2) is 4.57 Å². The number of allylic oxidation sites excluding steroid dienone is 9. The monoisotopic (exact) mass is 1050 g/mol. The lowest BCUT2D eigenvalue weighted by atomic mass is 10.0. The second-order valence-electron chi connectivity index (χ2n) is 21.9. The molecule has 0 spiro atoms. The molecule has 426 valence electrons. The van der Waals surface area contributed by atoms with E-state index >= 15 is 0 Å². The third-order valence-electron chi connectivity index (χ3n) is 13.5. The predicted octanol–water partition coefficient (Wildman–Crippen LogP) is 18.7. The first-order valence-electron chi connectivity index (χ1n) is 30.6. The van der Waals surface area contributed by atoms with Crippen LogP contribution in [0.15, 0.2) is 60.8 Å². The Balaban J connectivity index is 5.21. The van der Waals surface area contributed by atoms with Crippen molar-refractivity contribution < 1.29 is 37.3 Å². The van der Waals surface area contributed by atoms with E-state index in [1.165, 1.54) is 161 Å². The summed E-state index contributed by atoms with van der Waals surface area (Å²) in [6.45, 7) is 6.95. The zero-order chi connectivity index (χ0) is 53.6. The second kappa shape index (κ2) is 53.1.